The first kappa shape index (κ1) is 10.8. The van der Waals surface area contributed by atoms with E-state index in [0.717, 1.165) is 0 Å². The molecular formula is C11H7ClN4O2. The highest BCUT2D eigenvalue weighted by atomic mass is 35.5. The quantitative estimate of drug-likeness (QED) is 0.769. The van der Waals surface area contributed by atoms with Crippen LogP contribution in [0.2, 0.25) is 5.15 Å². The number of nitrogens with one attached hydrogen (secondary N) is 1. The standard InChI is InChI=1S/C11H7ClN4O2/c12-8-3-4-10-13-9(6-16(10)15-8)14-11(17)7-2-1-5-18-7/h1-6H,(H,14,17). The average molecular weight is 263 g/mol. The summed E-state index contributed by atoms with van der Waals surface area (Å²) in [6.07, 6.45) is 3.00. The van der Waals surface area contributed by atoms with E-state index in [1.54, 1.807) is 30.5 Å². The molecule has 0 aromatic carbocycles. The van der Waals surface area contributed by atoms with Crippen molar-refractivity contribution in [1.29, 1.82) is 0 Å². The Kier molecular flexibility index (Phi) is 2.49. The number of fused-ring (bicyclic) bond motifs is 1. The van der Waals surface area contributed by atoms with Crippen molar-refractivity contribution in [3.8, 4) is 0 Å². The molecule has 0 unspecified atom stereocenters. The Bertz CT molecular complexity index is 705. The van der Waals surface area contributed by atoms with Gasteiger partial charge in [0.05, 0.1) is 12.5 Å². The first-order valence-corrected chi connectivity index (χ1v) is 5.47. The normalized spacial score (nSPS) is 10.7. The van der Waals surface area contributed by atoms with Gasteiger partial charge in [-0.3, -0.25) is 4.79 Å². The van der Waals surface area contributed by atoms with Crippen LogP contribution in [-0.4, -0.2) is 20.5 Å². The summed E-state index contributed by atoms with van der Waals surface area (Å²) in [5.41, 5.74) is 0.592. The van der Waals surface area contributed by atoms with Crippen LogP contribution in [0.4, 0.5) is 5.82 Å². The van der Waals surface area contributed by atoms with E-state index in [2.05, 4.69) is 15.4 Å². The van der Waals surface area contributed by atoms with Crippen LogP contribution in [0.15, 0.2) is 41.1 Å². The van der Waals surface area contributed by atoms with Gasteiger partial charge in [0.15, 0.2) is 17.2 Å². The Balaban J connectivity index is 1.89. The van der Waals surface area contributed by atoms with Crippen LogP contribution in [0.5, 0.6) is 0 Å². The number of halogens is 1. The number of anilines is 1. The first-order chi connectivity index (χ1) is 8.72. The number of furan rings is 1. The summed E-state index contributed by atoms with van der Waals surface area (Å²) in [5.74, 6) is 0.235. The molecule has 0 saturated heterocycles. The summed E-state index contributed by atoms with van der Waals surface area (Å²) in [5, 5.41) is 6.97. The second-order valence-corrected chi connectivity index (χ2v) is 3.90. The van der Waals surface area contributed by atoms with Gasteiger partial charge in [0.1, 0.15) is 5.15 Å². The van der Waals surface area contributed by atoms with E-state index < -0.39 is 0 Å². The van der Waals surface area contributed by atoms with Gasteiger partial charge in [-0.05, 0) is 24.3 Å². The van der Waals surface area contributed by atoms with E-state index in [1.807, 2.05) is 0 Å². The molecule has 1 amide bonds. The maximum absolute atomic E-state index is 11.7. The van der Waals surface area contributed by atoms with Crippen LogP contribution in [0.3, 0.4) is 0 Å². The van der Waals surface area contributed by atoms with E-state index in [9.17, 15) is 4.79 Å². The second kappa shape index (κ2) is 4.15. The molecule has 0 saturated carbocycles. The number of rotatable bonds is 2. The topological polar surface area (TPSA) is 72.4 Å². The monoisotopic (exact) mass is 262 g/mol. The molecule has 90 valence electrons. The van der Waals surface area contributed by atoms with E-state index in [1.165, 1.54) is 10.8 Å². The van der Waals surface area contributed by atoms with E-state index in [-0.39, 0.29) is 11.7 Å². The number of imidazole rings is 1. The molecule has 0 fully saturated rings. The molecule has 1 N–H and O–H groups in total. The average Bonchev–Trinajstić information content (AvgIpc) is 2.95. The maximum Gasteiger partial charge on any atom is 0.292 e. The number of hydrogen-bond donors (Lipinski definition) is 1. The summed E-state index contributed by atoms with van der Waals surface area (Å²) in [6.45, 7) is 0. The van der Waals surface area contributed by atoms with Crippen molar-refractivity contribution in [3.05, 3.63) is 47.6 Å². The third-order valence-electron chi connectivity index (χ3n) is 2.27. The zero-order valence-corrected chi connectivity index (χ0v) is 9.76. The molecule has 0 aliphatic heterocycles. The summed E-state index contributed by atoms with van der Waals surface area (Å²) in [4.78, 5) is 15.9. The van der Waals surface area contributed by atoms with Crippen molar-refractivity contribution in [1.82, 2.24) is 14.6 Å². The molecule has 0 spiro atoms. The minimum absolute atomic E-state index is 0.220. The summed E-state index contributed by atoms with van der Waals surface area (Å²) >= 11 is 5.75. The smallest absolute Gasteiger partial charge is 0.292 e. The molecule has 18 heavy (non-hydrogen) atoms. The molecular weight excluding hydrogens is 256 g/mol. The lowest BCUT2D eigenvalue weighted by molar-refractivity contribution is 0.0996. The predicted octanol–water partition coefficient (Wildman–Crippen LogP) is 2.23. The molecule has 6 nitrogen and oxygen atoms in total. The highest BCUT2D eigenvalue weighted by molar-refractivity contribution is 6.29. The minimum atomic E-state index is -0.366. The molecule has 0 aliphatic carbocycles. The molecule has 0 aliphatic rings. The predicted molar refractivity (Wildman–Crippen MR) is 64.7 cm³/mol. The largest absolute Gasteiger partial charge is 0.459 e. The van der Waals surface area contributed by atoms with Crippen LogP contribution in [0.25, 0.3) is 5.65 Å². The number of aromatic nitrogens is 3. The molecule has 0 atom stereocenters. The molecule has 0 bridgehead atoms. The number of carbonyl (C=O) groups excluding carboxylic acids is 1. The van der Waals surface area contributed by atoms with Gasteiger partial charge in [0.25, 0.3) is 5.91 Å². The van der Waals surface area contributed by atoms with Gasteiger partial charge in [-0.2, -0.15) is 5.10 Å². The zero-order chi connectivity index (χ0) is 12.5. The fourth-order valence-corrected chi connectivity index (χ4v) is 1.65. The van der Waals surface area contributed by atoms with Gasteiger partial charge >= 0.3 is 0 Å². The molecule has 3 aromatic rings. The summed E-state index contributed by atoms with van der Waals surface area (Å²) in [6, 6.07) is 6.54. The van der Waals surface area contributed by atoms with Crippen molar-refractivity contribution in [2.45, 2.75) is 0 Å². The second-order valence-electron chi connectivity index (χ2n) is 3.52. The lowest BCUT2D eigenvalue weighted by Crippen LogP contribution is -2.10. The molecule has 0 radical (unpaired) electrons. The third-order valence-corrected chi connectivity index (χ3v) is 2.48. The lowest BCUT2D eigenvalue weighted by atomic mass is 10.4. The summed E-state index contributed by atoms with van der Waals surface area (Å²) < 4.78 is 6.46. The number of amides is 1. The van der Waals surface area contributed by atoms with E-state index in [0.29, 0.717) is 16.6 Å². The Morgan fingerprint density at radius 2 is 2.28 bits per heavy atom. The van der Waals surface area contributed by atoms with Gasteiger partial charge in [-0.15, -0.1) is 0 Å². The van der Waals surface area contributed by atoms with Crippen molar-refractivity contribution >= 4 is 29.0 Å². The van der Waals surface area contributed by atoms with Crippen molar-refractivity contribution < 1.29 is 9.21 Å². The Labute approximate surface area is 106 Å². The minimum Gasteiger partial charge on any atom is -0.459 e. The van der Waals surface area contributed by atoms with Gasteiger partial charge in [-0.1, -0.05) is 11.6 Å². The first-order valence-electron chi connectivity index (χ1n) is 5.09. The third kappa shape index (κ3) is 1.93. The van der Waals surface area contributed by atoms with Crippen LogP contribution in [0, 0.1) is 0 Å². The van der Waals surface area contributed by atoms with Crippen LogP contribution in [0.1, 0.15) is 10.6 Å². The van der Waals surface area contributed by atoms with Crippen molar-refractivity contribution in [2.24, 2.45) is 0 Å². The van der Waals surface area contributed by atoms with Gasteiger partial charge in [0, 0.05) is 0 Å². The Hall–Kier alpha value is -2.34. The SMILES string of the molecule is O=C(Nc1cn2nc(Cl)ccc2n1)c1ccco1. The highest BCUT2D eigenvalue weighted by Gasteiger charge is 2.11. The van der Waals surface area contributed by atoms with Crippen LogP contribution in [-0.2, 0) is 0 Å². The fraction of sp³-hybridized carbons (Fsp3) is 0. The van der Waals surface area contributed by atoms with Crippen molar-refractivity contribution in [2.75, 3.05) is 5.32 Å². The highest BCUT2D eigenvalue weighted by Crippen LogP contribution is 2.12. The lowest BCUT2D eigenvalue weighted by Gasteiger charge is -1.96. The Morgan fingerprint density at radius 3 is 3.06 bits per heavy atom. The van der Waals surface area contributed by atoms with Crippen LogP contribution >= 0.6 is 11.6 Å². The van der Waals surface area contributed by atoms with E-state index >= 15 is 0 Å². The molecule has 3 heterocycles. The number of nitrogens with zero attached hydrogens (tertiary/aromatic N) is 3. The van der Waals surface area contributed by atoms with Gasteiger partial charge in [-0.25, -0.2) is 9.50 Å². The van der Waals surface area contributed by atoms with Gasteiger partial charge in [0.2, 0.25) is 0 Å². The van der Waals surface area contributed by atoms with Crippen molar-refractivity contribution in [3.63, 3.8) is 0 Å². The molecule has 3 rings (SSSR count). The van der Waals surface area contributed by atoms with Crippen LogP contribution < -0.4 is 5.32 Å². The molecule has 3 aromatic heterocycles. The fourth-order valence-electron chi connectivity index (χ4n) is 1.50. The molecule has 7 heteroatoms. The summed E-state index contributed by atoms with van der Waals surface area (Å²) in [7, 11) is 0. The Morgan fingerprint density at radius 1 is 1.39 bits per heavy atom. The zero-order valence-electron chi connectivity index (χ0n) is 9.00. The number of hydrogen-bond acceptors (Lipinski definition) is 4. The van der Waals surface area contributed by atoms with Gasteiger partial charge < -0.3 is 9.73 Å². The van der Waals surface area contributed by atoms with E-state index in [4.69, 9.17) is 16.0 Å². The maximum atomic E-state index is 11.7. The number of carbonyl (C=O) groups is 1.